The van der Waals surface area contributed by atoms with E-state index < -0.39 is 5.82 Å². The number of carbonyl (C=O) groups is 2. The van der Waals surface area contributed by atoms with E-state index >= 15 is 0 Å². The third-order valence-corrected chi connectivity index (χ3v) is 4.50. The zero-order chi connectivity index (χ0) is 20.0. The molecular weight excluding hydrogens is 392 g/mol. The Kier molecular flexibility index (Phi) is 7.59. The van der Waals surface area contributed by atoms with Crippen LogP contribution in [0.3, 0.4) is 0 Å². The zero-order valence-electron chi connectivity index (χ0n) is 14.9. The zero-order valence-corrected chi connectivity index (χ0v) is 16.4. The van der Waals surface area contributed by atoms with Gasteiger partial charge in [0.1, 0.15) is 5.82 Å². The van der Waals surface area contributed by atoms with Gasteiger partial charge >= 0.3 is 0 Å². The van der Waals surface area contributed by atoms with E-state index in [0.29, 0.717) is 15.7 Å². The van der Waals surface area contributed by atoms with Crippen molar-refractivity contribution in [2.24, 2.45) is 0 Å². The first-order valence-electron chi connectivity index (χ1n) is 8.23. The lowest BCUT2D eigenvalue weighted by Crippen LogP contribution is -2.39. The number of anilines is 1. The minimum absolute atomic E-state index is 0.00884. The fraction of sp³-hybridized carbons (Fsp3) is 0.263. The van der Waals surface area contributed by atoms with Crippen molar-refractivity contribution in [2.75, 3.05) is 25.5 Å². The molecule has 144 valence electrons. The summed E-state index contributed by atoms with van der Waals surface area (Å²) in [5.41, 5.74) is 1.19. The molecule has 0 aliphatic rings. The number of carbonyl (C=O) groups excluding carboxylic acids is 2. The summed E-state index contributed by atoms with van der Waals surface area (Å²) in [6, 6.07) is 10.5. The molecule has 0 aromatic heterocycles. The predicted molar refractivity (Wildman–Crippen MR) is 106 cm³/mol. The van der Waals surface area contributed by atoms with E-state index in [0.717, 1.165) is 5.56 Å². The van der Waals surface area contributed by atoms with Gasteiger partial charge in [-0.25, -0.2) is 4.39 Å². The van der Waals surface area contributed by atoms with E-state index in [-0.39, 0.29) is 30.9 Å². The Morgan fingerprint density at radius 3 is 2.44 bits per heavy atom. The third-order valence-electron chi connectivity index (χ3n) is 3.76. The smallest absolute Gasteiger partial charge is 0.238 e. The maximum atomic E-state index is 13.1. The Hall–Kier alpha value is -2.15. The van der Waals surface area contributed by atoms with Crippen LogP contribution in [-0.4, -0.2) is 36.9 Å². The monoisotopic (exact) mass is 411 g/mol. The molecule has 2 aromatic rings. The summed E-state index contributed by atoms with van der Waals surface area (Å²) in [5, 5.41) is 6.29. The lowest BCUT2D eigenvalue weighted by atomic mass is 10.1. The first-order chi connectivity index (χ1) is 12.7. The minimum Gasteiger partial charge on any atom is -0.348 e. The van der Waals surface area contributed by atoms with Crippen LogP contribution in [0.4, 0.5) is 10.1 Å². The normalized spacial score (nSPS) is 11.9. The number of nitrogens with one attached hydrogen (secondary N) is 2. The highest BCUT2D eigenvalue weighted by Crippen LogP contribution is 2.25. The van der Waals surface area contributed by atoms with Gasteiger partial charge < -0.3 is 10.6 Å². The highest BCUT2D eigenvalue weighted by molar-refractivity contribution is 6.42. The number of hydrogen-bond acceptors (Lipinski definition) is 3. The van der Waals surface area contributed by atoms with Crippen LogP contribution >= 0.6 is 23.2 Å². The summed E-state index contributed by atoms with van der Waals surface area (Å²) in [6.45, 7) is 1.85. The van der Waals surface area contributed by atoms with Crippen LogP contribution in [0.1, 0.15) is 18.5 Å². The number of amides is 2. The van der Waals surface area contributed by atoms with Crippen molar-refractivity contribution in [1.29, 1.82) is 0 Å². The van der Waals surface area contributed by atoms with Gasteiger partial charge in [-0.05, 0) is 49.9 Å². The van der Waals surface area contributed by atoms with Crippen molar-refractivity contribution in [1.82, 2.24) is 10.2 Å². The van der Waals surface area contributed by atoms with Crippen LogP contribution in [0.2, 0.25) is 10.0 Å². The molecule has 0 heterocycles. The van der Waals surface area contributed by atoms with Crippen molar-refractivity contribution < 1.29 is 14.0 Å². The molecule has 1 atom stereocenters. The lowest BCUT2D eigenvalue weighted by Gasteiger charge is -2.19. The maximum absolute atomic E-state index is 13.1. The van der Waals surface area contributed by atoms with Gasteiger partial charge in [-0.15, -0.1) is 0 Å². The van der Waals surface area contributed by atoms with Crippen molar-refractivity contribution in [3.05, 3.63) is 63.9 Å². The number of halogens is 3. The summed E-state index contributed by atoms with van der Waals surface area (Å²) >= 11 is 11.9. The first-order valence-corrected chi connectivity index (χ1v) is 8.98. The Bertz CT molecular complexity index is 832. The van der Waals surface area contributed by atoms with Gasteiger partial charge in [0.05, 0.1) is 29.2 Å². The average molecular weight is 412 g/mol. The molecule has 0 aliphatic heterocycles. The lowest BCUT2D eigenvalue weighted by molar-refractivity contribution is -0.123. The molecule has 0 saturated carbocycles. The molecule has 2 aromatic carbocycles. The quantitative estimate of drug-likeness (QED) is 0.726. The Balaban J connectivity index is 1.82. The van der Waals surface area contributed by atoms with E-state index in [9.17, 15) is 14.0 Å². The molecular formula is C19H20Cl2FN3O2. The summed E-state index contributed by atoms with van der Waals surface area (Å²) in [6.07, 6.45) is 0. The molecule has 0 saturated heterocycles. The van der Waals surface area contributed by atoms with Gasteiger partial charge in [-0.2, -0.15) is 0 Å². The summed E-state index contributed by atoms with van der Waals surface area (Å²) < 4.78 is 13.1. The van der Waals surface area contributed by atoms with Crippen LogP contribution in [-0.2, 0) is 9.59 Å². The molecule has 5 nitrogen and oxygen atoms in total. The first kappa shape index (κ1) is 21.2. The molecule has 0 bridgehead atoms. The molecule has 0 unspecified atom stereocenters. The minimum atomic E-state index is -0.433. The second kappa shape index (κ2) is 9.69. The molecule has 0 fully saturated rings. The summed E-state index contributed by atoms with van der Waals surface area (Å²) in [5.74, 6) is -1.01. The Labute approximate surface area is 167 Å². The van der Waals surface area contributed by atoms with Crippen LogP contribution in [0.25, 0.3) is 0 Å². The number of nitrogens with zero attached hydrogens (tertiary/aromatic N) is 1. The van der Waals surface area contributed by atoms with Crippen LogP contribution in [0.15, 0.2) is 42.5 Å². The van der Waals surface area contributed by atoms with Gasteiger partial charge in [-0.1, -0.05) is 35.3 Å². The predicted octanol–water partition coefficient (Wildman–Crippen LogP) is 3.88. The molecule has 0 radical (unpaired) electrons. The largest absolute Gasteiger partial charge is 0.348 e. The van der Waals surface area contributed by atoms with Gasteiger partial charge in [0, 0.05) is 5.69 Å². The SMILES string of the molecule is C[C@@H](NC(=O)CN(C)CC(=O)Nc1cccc(F)c1)c1ccc(Cl)c(Cl)c1. The van der Waals surface area contributed by atoms with Gasteiger partial charge in [0.25, 0.3) is 0 Å². The molecule has 0 spiro atoms. The van der Waals surface area contributed by atoms with Crippen LogP contribution in [0, 0.1) is 5.82 Å². The number of rotatable bonds is 7. The molecule has 0 aliphatic carbocycles. The molecule has 2 amide bonds. The third kappa shape index (κ3) is 6.82. The van der Waals surface area contributed by atoms with E-state index in [1.165, 1.54) is 18.2 Å². The van der Waals surface area contributed by atoms with Crippen LogP contribution in [0.5, 0.6) is 0 Å². The van der Waals surface area contributed by atoms with Gasteiger partial charge in [-0.3, -0.25) is 14.5 Å². The van der Waals surface area contributed by atoms with Gasteiger partial charge in [0.2, 0.25) is 11.8 Å². The maximum Gasteiger partial charge on any atom is 0.238 e. The second-order valence-corrected chi connectivity index (χ2v) is 7.01. The highest BCUT2D eigenvalue weighted by Gasteiger charge is 2.14. The Morgan fingerprint density at radius 1 is 1.07 bits per heavy atom. The van der Waals surface area contributed by atoms with Crippen LogP contribution < -0.4 is 10.6 Å². The molecule has 8 heteroatoms. The molecule has 27 heavy (non-hydrogen) atoms. The van der Waals surface area contributed by atoms with Crippen molar-refractivity contribution in [3.8, 4) is 0 Å². The summed E-state index contributed by atoms with van der Waals surface area (Å²) in [7, 11) is 1.65. The van der Waals surface area contributed by atoms with E-state index in [4.69, 9.17) is 23.2 Å². The molecule has 2 N–H and O–H groups in total. The fourth-order valence-corrected chi connectivity index (χ4v) is 2.77. The second-order valence-electron chi connectivity index (χ2n) is 6.19. The van der Waals surface area contributed by atoms with Crippen molar-refractivity contribution in [2.45, 2.75) is 13.0 Å². The van der Waals surface area contributed by atoms with E-state index in [1.807, 2.05) is 6.92 Å². The average Bonchev–Trinajstić information content (AvgIpc) is 2.56. The number of benzene rings is 2. The topological polar surface area (TPSA) is 61.4 Å². The van der Waals surface area contributed by atoms with Gasteiger partial charge in [0.15, 0.2) is 0 Å². The highest BCUT2D eigenvalue weighted by atomic mass is 35.5. The van der Waals surface area contributed by atoms with E-state index in [2.05, 4.69) is 10.6 Å². The van der Waals surface area contributed by atoms with E-state index in [1.54, 1.807) is 36.2 Å². The number of hydrogen-bond donors (Lipinski definition) is 2. The number of likely N-dealkylation sites (N-methyl/N-ethyl adjacent to an activating group) is 1. The van der Waals surface area contributed by atoms with Crippen molar-refractivity contribution >= 4 is 40.7 Å². The standard InChI is InChI=1S/C19H20Cl2FN3O2/c1-12(13-6-7-16(20)17(21)8-13)23-18(26)10-25(2)11-19(27)24-15-5-3-4-14(22)9-15/h3-9,12H,10-11H2,1-2H3,(H,23,26)(H,24,27)/t12-/m1/s1. The molecule has 2 rings (SSSR count). The van der Waals surface area contributed by atoms with Crippen molar-refractivity contribution in [3.63, 3.8) is 0 Å². The Morgan fingerprint density at radius 2 is 1.78 bits per heavy atom. The fourth-order valence-electron chi connectivity index (χ4n) is 2.47. The summed E-state index contributed by atoms with van der Waals surface area (Å²) in [4.78, 5) is 25.7.